The van der Waals surface area contributed by atoms with Gasteiger partial charge in [0.05, 0.1) is 11.6 Å². The molecule has 1 amide bonds. The van der Waals surface area contributed by atoms with Gasteiger partial charge in [-0.1, -0.05) is 47.5 Å². The largest absolute Gasteiger partial charge is 0.392 e. The lowest BCUT2D eigenvalue weighted by Crippen LogP contribution is -2.23. The van der Waals surface area contributed by atoms with E-state index in [0.717, 1.165) is 11.1 Å². The summed E-state index contributed by atoms with van der Waals surface area (Å²) in [5.74, 6) is -0.304. The van der Waals surface area contributed by atoms with Crippen LogP contribution in [0.5, 0.6) is 0 Å². The lowest BCUT2D eigenvalue weighted by molar-refractivity contribution is 0.0946. The number of hydrogen-bond donors (Lipinski definition) is 3. The molecule has 19 heavy (non-hydrogen) atoms. The molecule has 1 aromatic carbocycles. The molecule has 100 valence electrons. The summed E-state index contributed by atoms with van der Waals surface area (Å²) in [5.41, 5.74) is 1.95. The van der Waals surface area contributed by atoms with Crippen molar-refractivity contribution in [2.75, 3.05) is 0 Å². The van der Waals surface area contributed by atoms with Crippen LogP contribution >= 0.6 is 23.2 Å². The van der Waals surface area contributed by atoms with Gasteiger partial charge in [0.25, 0.3) is 5.91 Å². The number of aliphatic hydroxyl groups is 1. The van der Waals surface area contributed by atoms with Crippen LogP contribution in [0, 0.1) is 0 Å². The maximum absolute atomic E-state index is 11.9. The van der Waals surface area contributed by atoms with E-state index < -0.39 is 0 Å². The summed E-state index contributed by atoms with van der Waals surface area (Å²) in [4.78, 5) is 14.5. The lowest BCUT2D eigenvalue weighted by atomic mass is 10.1. The van der Waals surface area contributed by atoms with E-state index in [1.807, 2.05) is 24.3 Å². The van der Waals surface area contributed by atoms with Crippen LogP contribution in [0.2, 0.25) is 10.2 Å². The molecule has 0 aliphatic heterocycles. The quantitative estimate of drug-likeness (QED) is 0.812. The van der Waals surface area contributed by atoms with Gasteiger partial charge >= 0.3 is 0 Å². The Bertz CT molecular complexity index is 577. The molecule has 1 aromatic heterocycles. The van der Waals surface area contributed by atoms with Gasteiger partial charge in [-0.2, -0.15) is 0 Å². The highest BCUT2D eigenvalue weighted by Crippen LogP contribution is 2.21. The summed E-state index contributed by atoms with van der Waals surface area (Å²) in [5, 5.41) is 12.5. The van der Waals surface area contributed by atoms with Gasteiger partial charge < -0.3 is 15.4 Å². The van der Waals surface area contributed by atoms with Gasteiger partial charge in [0.2, 0.25) is 0 Å². The number of aromatic nitrogens is 1. The smallest absolute Gasteiger partial charge is 0.268 e. The molecule has 0 radical (unpaired) electrons. The number of H-pyrrole nitrogens is 1. The van der Waals surface area contributed by atoms with Crippen LogP contribution in [0.15, 0.2) is 30.3 Å². The molecule has 0 fully saturated rings. The fourth-order valence-corrected chi connectivity index (χ4v) is 1.99. The van der Waals surface area contributed by atoms with E-state index in [9.17, 15) is 9.90 Å². The first-order valence-electron chi connectivity index (χ1n) is 5.61. The summed E-state index contributed by atoms with van der Waals surface area (Å²) in [7, 11) is 0. The zero-order valence-corrected chi connectivity index (χ0v) is 11.4. The van der Waals surface area contributed by atoms with Gasteiger partial charge in [-0.3, -0.25) is 4.79 Å². The number of carbonyl (C=O) groups is 1. The molecule has 0 spiro atoms. The van der Waals surface area contributed by atoms with Crippen molar-refractivity contribution >= 4 is 29.1 Å². The van der Waals surface area contributed by atoms with Gasteiger partial charge in [-0.15, -0.1) is 0 Å². The molecular formula is C13H12Cl2N2O2. The van der Waals surface area contributed by atoms with E-state index in [-0.39, 0.29) is 17.7 Å². The zero-order chi connectivity index (χ0) is 13.8. The monoisotopic (exact) mass is 298 g/mol. The average Bonchev–Trinajstić information content (AvgIpc) is 2.76. The Kier molecular flexibility index (Phi) is 4.47. The van der Waals surface area contributed by atoms with Crippen LogP contribution in [0.1, 0.15) is 21.6 Å². The lowest BCUT2D eigenvalue weighted by Gasteiger charge is -2.08. The molecular weight excluding hydrogens is 287 g/mol. The fourth-order valence-electron chi connectivity index (χ4n) is 1.68. The van der Waals surface area contributed by atoms with Gasteiger partial charge in [-0.05, 0) is 17.2 Å². The average molecular weight is 299 g/mol. The van der Waals surface area contributed by atoms with Gasteiger partial charge in [0.15, 0.2) is 0 Å². The number of amides is 1. The van der Waals surface area contributed by atoms with Crippen molar-refractivity contribution in [2.24, 2.45) is 0 Å². The number of nitrogens with one attached hydrogen (secondary N) is 2. The molecule has 2 aromatic rings. The number of benzene rings is 1. The SMILES string of the molecule is O=C(NCc1ccccc1CO)c1cc(Cl)c(Cl)[nH]1. The van der Waals surface area contributed by atoms with E-state index >= 15 is 0 Å². The predicted octanol–water partition coefficient (Wildman–Crippen LogP) is 2.74. The van der Waals surface area contributed by atoms with E-state index in [2.05, 4.69) is 10.3 Å². The topological polar surface area (TPSA) is 65.1 Å². The Morgan fingerprint density at radius 1 is 1.26 bits per heavy atom. The first-order valence-corrected chi connectivity index (χ1v) is 6.37. The molecule has 1 heterocycles. The highest BCUT2D eigenvalue weighted by atomic mass is 35.5. The van der Waals surface area contributed by atoms with Gasteiger partial charge in [0, 0.05) is 6.54 Å². The summed E-state index contributed by atoms with van der Waals surface area (Å²) in [6.45, 7) is 0.260. The highest BCUT2D eigenvalue weighted by molar-refractivity contribution is 6.41. The molecule has 2 rings (SSSR count). The van der Waals surface area contributed by atoms with Crippen LogP contribution in [-0.2, 0) is 13.2 Å². The van der Waals surface area contributed by atoms with Crippen molar-refractivity contribution in [3.63, 3.8) is 0 Å². The van der Waals surface area contributed by atoms with Crippen molar-refractivity contribution in [1.29, 1.82) is 0 Å². The minimum absolute atomic E-state index is 0.0633. The molecule has 4 nitrogen and oxygen atoms in total. The Hall–Kier alpha value is -1.49. The Balaban J connectivity index is 2.04. The van der Waals surface area contributed by atoms with Crippen molar-refractivity contribution in [1.82, 2.24) is 10.3 Å². The maximum atomic E-state index is 11.9. The van der Waals surface area contributed by atoms with E-state index in [1.54, 1.807) is 0 Å². The third-order valence-corrected chi connectivity index (χ3v) is 3.39. The first kappa shape index (κ1) is 13.9. The van der Waals surface area contributed by atoms with Crippen LogP contribution in [0.25, 0.3) is 0 Å². The summed E-state index contributed by atoms with van der Waals surface area (Å²) >= 11 is 11.5. The van der Waals surface area contributed by atoms with Gasteiger partial charge in [0.1, 0.15) is 10.8 Å². The standard InChI is InChI=1S/C13H12Cl2N2O2/c14-10-5-11(17-12(10)15)13(19)16-6-8-3-1-2-4-9(8)7-18/h1-5,17-18H,6-7H2,(H,16,19). The maximum Gasteiger partial charge on any atom is 0.268 e. The molecule has 6 heteroatoms. The number of aromatic amines is 1. The van der Waals surface area contributed by atoms with Crippen LogP contribution in [-0.4, -0.2) is 16.0 Å². The third-order valence-electron chi connectivity index (χ3n) is 2.70. The van der Waals surface area contributed by atoms with Crippen LogP contribution in [0.3, 0.4) is 0 Å². The van der Waals surface area contributed by atoms with E-state index in [1.165, 1.54) is 6.07 Å². The molecule has 3 N–H and O–H groups in total. The first-order chi connectivity index (χ1) is 9.11. The Labute approximate surface area is 120 Å². The molecule has 0 atom stereocenters. The fraction of sp³-hybridized carbons (Fsp3) is 0.154. The van der Waals surface area contributed by atoms with Gasteiger partial charge in [-0.25, -0.2) is 0 Å². The second kappa shape index (κ2) is 6.10. The summed E-state index contributed by atoms with van der Waals surface area (Å²) < 4.78 is 0. The van der Waals surface area contributed by atoms with Crippen molar-refractivity contribution in [3.8, 4) is 0 Å². The molecule has 0 saturated heterocycles. The molecule has 0 aliphatic carbocycles. The van der Waals surface area contributed by atoms with E-state index in [0.29, 0.717) is 17.3 Å². The zero-order valence-electron chi connectivity index (χ0n) is 9.91. The summed E-state index contributed by atoms with van der Waals surface area (Å²) in [6.07, 6.45) is 0. The second-order valence-corrected chi connectivity index (χ2v) is 4.74. The van der Waals surface area contributed by atoms with Crippen molar-refractivity contribution in [3.05, 3.63) is 57.3 Å². The third kappa shape index (κ3) is 3.29. The molecule has 0 saturated carbocycles. The Morgan fingerprint density at radius 2 is 1.95 bits per heavy atom. The highest BCUT2D eigenvalue weighted by Gasteiger charge is 2.11. The number of carbonyl (C=O) groups excluding carboxylic acids is 1. The number of halogens is 2. The molecule has 0 aliphatic rings. The van der Waals surface area contributed by atoms with Crippen molar-refractivity contribution < 1.29 is 9.90 Å². The number of aliphatic hydroxyl groups excluding tert-OH is 1. The second-order valence-electron chi connectivity index (χ2n) is 3.95. The number of rotatable bonds is 4. The minimum Gasteiger partial charge on any atom is -0.392 e. The van der Waals surface area contributed by atoms with Crippen LogP contribution in [0.4, 0.5) is 0 Å². The van der Waals surface area contributed by atoms with Crippen molar-refractivity contribution in [2.45, 2.75) is 13.2 Å². The molecule has 0 bridgehead atoms. The Morgan fingerprint density at radius 3 is 2.53 bits per heavy atom. The summed E-state index contributed by atoms with van der Waals surface area (Å²) in [6, 6.07) is 8.81. The molecule has 0 unspecified atom stereocenters. The van der Waals surface area contributed by atoms with E-state index in [4.69, 9.17) is 23.2 Å². The predicted molar refractivity (Wildman–Crippen MR) is 74.3 cm³/mol. The number of hydrogen-bond acceptors (Lipinski definition) is 2. The van der Waals surface area contributed by atoms with Crippen LogP contribution < -0.4 is 5.32 Å². The normalized spacial score (nSPS) is 10.5. The minimum atomic E-state index is -0.304.